The normalized spacial score (nSPS) is 15.2. The molecule has 9 nitrogen and oxygen atoms in total. The molecule has 364 valence electrons. The molecule has 14 rings (SSSR count). The number of Topliss-reactive ketones (excluding diaryl/α,β-unsaturated/α-hetero) is 4. The maximum atomic E-state index is 13.3. The first kappa shape index (κ1) is 47.8. The smallest absolute Gasteiger partial charge is 0.171 e. The van der Waals surface area contributed by atoms with Gasteiger partial charge < -0.3 is 0 Å². The van der Waals surface area contributed by atoms with E-state index in [-0.39, 0.29) is 75.0 Å². The van der Waals surface area contributed by atoms with E-state index in [1.807, 2.05) is 109 Å². The summed E-state index contributed by atoms with van der Waals surface area (Å²) in [4.78, 5) is 74.6. The van der Waals surface area contributed by atoms with Gasteiger partial charge in [-0.05, 0) is 22.9 Å². The van der Waals surface area contributed by atoms with Crippen molar-refractivity contribution in [1.82, 2.24) is 9.97 Å². The number of benzene rings is 6. The van der Waals surface area contributed by atoms with E-state index in [1.54, 1.807) is 6.08 Å². The molecule has 0 bridgehead atoms. The van der Waals surface area contributed by atoms with Crippen molar-refractivity contribution in [1.29, 1.82) is 0 Å². The number of rotatable bonds is 4. The van der Waals surface area contributed by atoms with Gasteiger partial charge in [-0.2, -0.15) is 0 Å². The number of allylic oxidation sites excluding steroid dienone is 1. The van der Waals surface area contributed by atoms with E-state index in [0.29, 0.717) is 22.3 Å². The fourth-order valence-electron chi connectivity index (χ4n) is 10.9. The number of carbonyl (C=O) groups excluding carboxylic acids is 5. The molecule has 2 aliphatic heterocycles. The number of para-hydroxylation sites is 2. The molecule has 75 heavy (non-hydrogen) atoms. The summed E-state index contributed by atoms with van der Waals surface area (Å²) in [5.41, 5.74) is 9.39. The van der Waals surface area contributed by atoms with Crippen molar-refractivity contribution in [2.45, 2.75) is 44.9 Å². The average molecular weight is 1110 g/mol. The Bertz CT molecular complexity index is 3880. The van der Waals surface area contributed by atoms with Gasteiger partial charge in [0, 0.05) is 11.1 Å². The number of pyridine rings is 2. The summed E-state index contributed by atoms with van der Waals surface area (Å²) in [6.07, 6.45) is 6.48. The molecular formula is C64H46N4O5Se2. The van der Waals surface area contributed by atoms with Gasteiger partial charge in [-0.3, -0.25) is 9.59 Å². The minimum atomic E-state index is -0.187. The van der Waals surface area contributed by atoms with Crippen LogP contribution in [0.25, 0.3) is 27.6 Å². The number of hydrogen-bond donors (Lipinski definition) is 0. The van der Waals surface area contributed by atoms with Crippen LogP contribution in [0.2, 0.25) is 0 Å². The van der Waals surface area contributed by atoms with Gasteiger partial charge in [0.25, 0.3) is 0 Å². The molecule has 6 aromatic carbocycles. The van der Waals surface area contributed by atoms with Crippen molar-refractivity contribution in [2.75, 3.05) is 9.80 Å². The molecular weight excluding hydrogens is 1060 g/mol. The Morgan fingerprint density at radius 3 is 1.28 bits per heavy atom. The molecule has 0 amide bonds. The van der Waals surface area contributed by atoms with E-state index in [0.717, 1.165) is 68.8 Å². The third kappa shape index (κ3) is 8.11. The minimum Gasteiger partial charge on any atom is -0.294 e. The second-order valence-electron chi connectivity index (χ2n) is 19.9. The van der Waals surface area contributed by atoms with Crippen LogP contribution in [0.5, 0.6) is 0 Å². The number of aldehydes is 1. The van der Waals surface area contributed by atoms with Crippen LogP contribution in [0.3, 0.4) is 0 Å². The van der Waals surface area contributed by atoms with Crippen LogP contribution in [0, 0.1) is 0 Å². The zero-order chi connectivity index (χ0) is 51.8. The molecule has 4 aliphatic rings. The van der Waals surface area contributed by atoms with Gasteiger partial charge in [-0.25, -0.2) is 0 Å². The Morgan fingerprint density at radius 1 is 0.453 bits per heavy atom. The van der Waals surface area contributed by atoms with E-state index in [2.05, 4.69) is 115 Å². The van der Waals surface area contributed by atoms with Crippen molar-refractivity contribution in [2.24, 2.45) is 0 Å². The van der Waals surface area contributed by atoms with Gasteiger partial charge in [-0.1, -0.05) is 24.3 Å². The van der Waals surface area contributed by atoms with Crippen LogP contribution in [0.1, 0.15) is 111 Å². The van der Waals surface area contributed by atoms with Crippen molar-refractivity contribution in [3.05, 3.63) is 241 Å². The quantitative estimate of drug-likeness (QED) is 0.0558. The molecule has 0 atom stereocenters. The van der Waals surface area contributed by atoms with Gasteiger partial charge in [0.05, 0.1) is 6.42 Å². The number of fused-ring (bicyclic) bond motifs is 8. The van der Waals surface area contributed by atoms with Gasteiger partial charge in [0.1, 0.15) is 0 Å². The number of aromatic nitrogens is 2. The molecule has 11 heteroatoms. The first-order valence-corrected chi connectivity index (χ1v) is 28.0. The zero-order valence-corrected chi connectivity index (χ0v) is 44.8. The predicted molar refractivity (Wildman–Crippen MR) is 299 cm³/mol. The van der Waals surface area contributed by atoms with Crippen molar-refractivity contribution in [3.63, 3.8) is 0 Å². The van der Waals surface area contributed by atoms with Gasteiger partial charge >= 0.3 is 362 Å². The molecule has 2 aliphatic carbocycles. The van der Waals surface area contributed by atoms with Gasteiger partial charge in [0.15, 0.2) is 11.6 Å². The van der Waals surface area contributed by atoms with Crippen molar-refractivity contribution in [3.8, 4) is 0 Å². The third-order valence-electron chi connectivity index (χ3n) is 14.7. The summed E-state index contributed by atoms with van der Waals surface area (Å²) in [6, 6.07) is 56.3. The van der Waals surface area contributed by atoms with Crippen molar-refractivity contribution < 1.29 is 24.0 Å². The predicted octanol–water partition coefficient (Wildman–Crippen LogP) is 13.5. The summed E-state index contributed by atoms with van der Waals surface area (Å²) in [7, 11) is 0. The number of hydrogen-bond acceptors (Lipinski definition) is 9. The van der Waals surface area contributed by atoms with E-state index in [1.165, 1.54) is 22.3 Å². The first-order chi connectivity index (χ1) is 36.3. The van der Waals surface area contributed by atoms with Gasteiger partial charge in [0.2, 0.25) is 0 Å². The fourth-order valence-corrected chi connectivity index (χ4v) is 14.7. The standard InChI is InChI=1S/C32H22N2O2Se.C19H16N2OSe.C13H8O2/c1-32(2)25-10-5-6-12-27(25)34(31-26(32)11-7-15-33-31)28-14-13-21(37-28)18-24-29(35)22-16-19-8-3-4-9-20(19)17-23(22)30(24)36;1-19(2)14-6-3-4-8-16(14)21(17-10-9-13(12-22)23-17)18-15(19)7-5-11-20-18;14-12-7-13(15)11-6-9-4-2-1-3-8(9)5-10(11)12/h3-18H,1-2H3;3-12H,1-2H3;1-6H,7H2. The number of ketones is 4. The number of nitrogens with zero attached hydrogens (tertiary/aromatic N) is 4. The summed E-state index contributed by atoms with van der Waals surface area (Å²) in [5.74, 6) is 1.43. The Morgan fingerprint density at radius 2 is 0.840 bits per heavy atom. The molecule has 0 radical (unpaired) electrons. The van der Waals surface area contributed by atoms with Crippen LogP contribution >= 0.6 is 0 Å². The summed E-state index contributed by atoms with van der Waals surface area (Å²) < 4.78 is 4.15. The fraction of sp³-hybridized carbons (Fsp3) is 0.109. The molecule has 0 spiro atoms. The maximum Gasteiger partial charge on any atom is 0.171 e. The van der Waals surface area contributed by atoms with Crippen LogP contribution in [-0.2, 0) is 10.8 Å². The first-order valence-electron chi connectivity index (χ1n) is 24.6. The van der Waals surface area contributed by atoms with Crippen LogP contribution in [0.4, 0.5) is 32.1 Å². The second-order valence-corrected chi connectivity index (χ2v) is 24.5. The topological polar surface area (TPSA) is 118 Å². The Kier molecular flexibility index (Phi) is 11.9. The van der Waals surface area contributed by atoms with E-state index in [9.17, 15) is 24.0 Å². The Balaban J connectivity index is 0.000000127. The number of carbonyl (C=O) groups is 5. The van der Waals surface area contributed by atoms with Gasteiger partial charge in [-0.15, -0.1) is 0 Å². The molecule has 6 heterocycles. The molecule has 0 fully saturated rings. The molecule has 0 saturated carbocycles. The minimum absolute atomic E-state index is 0.0190. The Hall–Kier alpha value is -8.17. The van der Waals surface area contributed by atoms with Crippen molar-refractivity contribution >= 4 is 118 Å². The van der Waals surface area contributed by atoms with E-state index < -0.39 is 0 Å². The SMILES string of the molecule is CC1(C)c2ccccc2N(c2ccc(C=C3C(=O)c4cc5ccccc5cc4C3=O)[se]2)c2ncccc21.CC1(C)c2ccccc2N(c2ccc(C=O)[se]2)c2ncccc21.O=C1CC(=O)c2cc3ccccc3cc21. The number of anilines is 6. The molecule has 4 aromatic heterocycles. The third-order valence-corrected chi connectivity index (χ3v) is 18.9. The monoisotopic (exact) mass is 1110 g/mol. The summed E-state index contributed by atoms with van der Waals surface area (Å²) in [6.45, 7) is 8.97. The molecule has 0 unspecified atom stereocenters. The Labute approximate surface area is 445 Å². The molecule has 10 aromatic rings. The van der Waals surface area contributed by atoms with Crippen LogP contribution in [-0.4, -0.2) is 68.4 Å². The van der Waals surface area contributed by atoms with Crippen LogP contribution < -0.4 is 9.80 Å². The molecule has 0 saturated heterocycles. The zero-order valence-electron chi connectivity index (χ0n) is 41.3. The van der Waals surface area contributed by atoms with Crippen LogP contribution in [0.15, 0.2) is 188 Å². The van der Waals surface area contributed by atoms with E-state index in [4.69, 9.17) is 4.98 Å². The summed E-state index contributed by atoms with van der Waals surface area (Å²) >= 11 is -0.0818. The second kappa shape index (κ2) is 18.6. The maximum absolute atomic E-state index is 13.3. The summed E-state index contributed by atoms with van der Waals surface area (Å²) in [5, 5.41) is 3.96. The largest absolute Gasteiger partial charge is 0.294 e. The molecule has 0 N–H and O–H groups in total. The average Bonchev–Trinajstić information content (AvgIpc) is 4.22. The van der Waals surface area contributed by atoms with E-state index >= 15 is 0 Å².